The lowest BCUT2D eigenvalue weighted by molar-refractivity contribution is 0.488. The van der Waals surface area contributed by atoms with Gasteiger partial charge in [0, 0.05) is 5.39 Å². The van der Waals surface area contributed by atoms with Gasteiger partial charge < -0.3 is 4.74 Å². The molecular weight excluding hydrogens is 304 g/mol. The summed E-state index contributed by atoms with van der Waals surface area (Å²) in [7, 11) is 0. The summed E-state index contributed by atoms with van der Waals surface area (Å²) < 4.78 is 6.21. The molecule has 0 aromatic heterocycles. The maximum absolute atomic E-state index is 6.21. The monoisotopic (exact) mass is 320 g/mol. The first-order chi connectivity index (χ1) is 12.4. The predicted octanol–water partition coefficient (Wildman–Crippen LogP) is 6.94. The number of ether oxygens (including phenoxy) is 1. The molecule has 1 nitrogen and oxygen atoms in total. The molecule has 5 rings (SSSR count). The maximum atomic E-state index is 6.21. The SMILES string of the molecule is c1ccc(Oc2cccc3ccc4cc5ccccc5cc4c23)cc1. The Balaban J connectivity index is 1.82. The third-order valence-electron chi connectivity index (χ3n) is 4.66. The number of hydrogen-bond donors (Lipinski definition) is 0. The molecule has 118 valence electrons. The van der Waals surface area contributed by atoms with Crippen LogP contribution in [0.25, 0.3) is 32.3 Å². The second-order valence-electron chi connectivity index (χ2n) is 6.26. The Bertz CT molecular complexity index is 1210. The van der Waals surface area contributed by atoms with E-state index >= 15 is 0 Å². The first-order valence-electron chi connectivity index (χ1n) is 8.46. The third kappa shape index (κ3) is 2.41. The number of benzene rings is 5. The van der Waals surface area contributed by atoms with Crippen LogP contribution >= 0.6 is 0 Å². The van der Waals surface area contributed by atoms with Crippen molar-refractivity contribution in [1.82, 2.24) is 0 Å². The first kappa shape index (κ1) is 14.1. The van der Waals surface area contributed by atoms with E-state index in [0.29, 0.717) is 0 Å². The van der Waals surface area contributed by atoms with Crippen molar-refractivity contribution in [3.05, 3.63) is 97.1 Å². The van der Waals surface area contributed by atoms with Crippen LogP contribution < -0.4 is 4.74 Å². The van der Waals surface area contributed by atoms with Crippen LogP contribution in [-0.4, -0.2) is 0 Å². The molecule has 25 heavy (non-hydrogen) atoms. The second kappa shape index (κ2) is 5.64. The van der Waals surface area contributed by atoms with E-state index < -0.39 is 0 Å². The molecule has 5 aromatic carbocycles. The van der Waals surface area contributed by atoms with Gasteiger partial charge in [-0.15, -0.1) is 0 Å². The number of rotatable bonds is 2. The van der Waals surface area contributed by atoms with Crippen LogP contribution in [0.1, 0.15) is 0 Å². The van der Waals surface area contributed by atoms with Crippen LogP contribution in [-0.2, 0) is 0 Å². The minimum Gasteiger partial charge on any atom is -0.457 e. The van der Waals surface area contributed by atoms with Crippen molar-refractivity contribution in [3.63, 3.8) is 0 Å². The molecular formula is C24H16O. The lowest BCUT2D eigenvalue weighted by Gasteiger charge is -2.12. The fourth-order valence-corrected chi connectivity index (χ4v) is 3.47. The molecule has 1 heteroatoms. The summed E-state index contributed by atoms with van der Waals surface area (Å²) in [5.41, 5.74) is 0. The van der Waals surface area contributed by atoms with Gasteiger partial charge in [0.1, 0.15) is 11.5 Å². The van der Waals surface area contributed by atoms with Gasteiger partial charge in [0.25, 0.3) is 0 Å². The molecule has 5 aromatic rings. The van der Waals surface area contributed by atoms with Gasteiger partial charge in [0.05, 0.1) is 0 Å². The zero-order valence-electron chi connectivity index (χ0n) is 13.6. The molecule has 0 aliphatic carbocycles. The lowest BCUT2D eigenvalue weighted by atomic mass is 9.98. The van der Waals surface area contributed by atoms with E-state index in [4.69, 9.17) is 4.74 Å². The van der Waals surface area contributed by atoms with Gasteiger partial charge >= 0.3 is 0 Å². The molecule has 0 radical (unpaired) electrons. The van der Waals surface area contributed by atoms with Crippen LogP contribution in [0.3, 0.4) is 0 Å². The molecule has 0 heterocycles. The predicted molar refractivity (Wildman–Crippen MR) is 105 cm³/mol. The highest BCUT2D eigenvalue weighted by molar-refractivity contribution is 6.14. The molecule has 0 unspecified atom stereocenters. The zero-order valence-corrected chi connectivity index (χ0v) is 13.6. The largest absolute Gasteiger partial charge is 0.457 e. The average molecular weight is 320 g/mol. The Morgan fingerprint density at radius 2 is 1.16 bits per heavy atom. The summed E-state index contributed by atoms with van der Waals surface area (Å²) in [5.74, 6) is 1.75. The topological polar surface area (TPSA) is 9.23 Å². The summed E-state index contributed by atoms with van der Waals surface area (Å²) in [6, 6.07) is 33.6. The standard InChI is InChI=1S/C24H16O/c1-2-10-21(11-3-1)25-23-12-6-9-17-13-14-20-15-18-7-4-5-8-19(18)16-22(20)24(17)23/h1-16H. The zero-order chi connectivity index (χ0) is 16.6. The number of hydrogen-bond acceptors (Lipinski definition) is 1. The summed E-state index contributed by atoms with van der Waals surface area (Å²) >= 11 is 0. The fraction of sp³-hybridized carbons (Fsp3) is 0. The summed E-state index contributed by atoms with van der Waals surface area (Å²) in [6.07, 6.45) is 0. The Morgan fingerprint density at radius 3 is 2.00 bits per heavy atom. The summed E-state index contributed by atoms with van der Waals surface area (Å²) in [5, 5.41) is 7.32. The van der Waals surface area contributed by atoms with E-state index in [-0.39, 0.29) is 0 Å². The van der Waals surface area contributed by atoms with Crippen LogP contribution in [0.4, 0.5) is 0 Å². The minimum absolute atomic E-state index is 0.854. The summed E-state index contributed by atoms with van der Waals surface area (Å²) in [4.78, 5) is 0. The molecule has 0 spiro atoms. The molecule has 0 aliphatic heterocycles. The minimum atomic E-state index is 0.854. The molecule has 0 atom stereocenters. The normalized spacial score (nSPS) is 11.2. The van der Waals surface area contributed by atoms with Crippen LogP contribution in [0.2, 0.25) is 0 Å². The Hall–Kier alpha value is -3.32. The maximum Gasteiger partial charge on any atom is 0.135 e. The van der Waals surface area contributed by atoms with Gasteiger partial charge in [0.15, 0.2) is 0 Å². The fourth-order valence-electron chi connectivity index (χ4n) is 3.47. The quantitative estimate of drug-likeness (QED) is 0.253. The van der Waals surface area contributed by atoms with Crippen molar-refractivity contribution in [3.8, 4) is 11.5 Å². The van der Waals surface area contributed by atoms with Crippen molar-refractivity contribution >= 4 is 32.3 Å². The van der Waals surface area contributed by atoms with Gasteiger partial charge in [-0.25, -0.2) is 0 Å². The number of para-hydroxylation sites is 1. The van der Waals surface area contributed by atoms with E-state index in [0.717, 1.165) is 16.9 Å². The number of fused-ring (bicyclic) bond motifs is 4. The molecule has 0 fully saturated rings. The lowest BCUT2D eigenvalue weighted by Crippen LogP contribution is -1.87. The van der Waals surface area contributed by atoms with Crippen LogP contribution in [0.15, 0.2) is 97.1 Å². The smallest absolute Gasteiger partial charge is 0.135 e. The van der Waals surface area contributed by atoms with E-state index in [2.05, 4.69) is 54.6 Å². The van der Waals surface area contributed by atoms with Gasteiger partial charge in [-0.2, -0.15) is 0 Å². The Labute approximate surface area is 146 Å². The van der Waals surface area contributed by atoms with Gasteiger partial charge in [-0.1, -0.05) is 66.7 Å². The summed E-state index contributed by atoms with van der Waals surface area (Å²) in [6.45, 7) is 0. The van der Waals surface area contributed by atoms with E-state index in [1.165, 1.54) is 26.9 Å². The highest BCUT2D eigenvalue weighted by atomic mass is 16.5. The first-order valence-corrected chi connectivity index (χ1v) is 8.46. The van der Waals surface area contributed by atoms with Crippen molar-refractivity contribution in [2.75, 3.05) is 0 Å². The molecule has 0 bridgehead atoms. The third-order valence-corrected chi connectivity index (χ3v) is 4.66. The Morgan fingerprint density at radius 1 is 0.480 bits per heavy atom. The molecule has 0 saturated heterocycles. The van der Waals surface area contributed by atoms with Crippen molar-refractivity contribution in [2.45, 2.75) is 0 Å². The molecule has 0 saturated carbocycles. The van der Waals surface area contributed by atoms with Crippen LogP contribution in [0, 0.1) is 0 Å². The van der Waals surface area contributed by atoms with Gasteiger partial charge in [0.2, 0.25) is 0 Å². The van der Waals surface area contributed by atoms with E-state index in [1.807, 2.05) is 42.5 Å². The van der Waals surface area contributed by atoms with Gasteiger partial charge in [-0.05, 0) is 57.3 Å². The highest BCUT2D eigenvalue weighted by Gasteiger charge is 2.09. The van der Waals surface area contributed by atoms with Crippen molar-refractivity contribution in [2.24, 2.45) is 0 Å². The average Bonchev–Trinajstić information content (AvgIpc) is 2.67. The van der Waals surface area contributed by atoms with E-state index in [9.17, 15) is 0 Å². The van der Waals surface area contributed by atoms with E-state index in [1.54, 1.807) is 0 Å². The molecule has 0 aliphatic rings. The van der Waals surface area contributed by atoms with Crippen LogP contribution in [0.5, 0.6) is 11.5 Å². The van der Waals surface area contributed by atoms with Crippen molar-refractivity contribution in [1.29, 1.82) is 0 Å². The highest BCUT2D eigenvalue weighted by Crippen LogP contribution is 2.37. The second-order valence-corrected chi connectivity index (χ2v) is 6.26. The Kier molecular flexibility index (Phi) is 3.17. The molecule has 0 N–H and O–H groups in total. The van der Waals surface area contributed by atoms with Gasteiger partial charge in [-0.3, -0.25) is 0 Å². The molecule has 0 amide bonds. The van der Waals surface area contributed by atoms with Crippen molar-refractivity contribution < 1.29 is 4.74 Å².